The van der Waals surface area contributed by atoms with Crippen molar-refractivity contribution < 1.29 is 19.4 Å². The summed E-state index contributed by atoms with van der Waals surface area (Å²) in [4.78, 5) is 22.4. The molecule has 0 unspecified atom stereocenters. The van der Waals surface area contributed by atoms with Crippen molar-refractivity contribution in [1.29, 1.82) is 0 Å². The normalized spacial score (nSPS) is 11.2. The van der Waals surface area contributed by atoms with Gasteiger partial charge >= 0.3 is 5.97 Å². The molecule has 0 heterocycles. The molecule has 0 fully saturated rings. The number of carbonyl (C=O) groups excluding carboxylic acids is 1. The second-order valence-corrected chi connectivity index (χ2v) is 6.28. The van der Waals surface area contributed by atoms with E-state index in [0.717, 1.165) is 5.56 Å². The maximum atomic E-state index is 11.4. The zero-order valence-corrected chi connectivity index (χ0v) is 12.3. The number of carboxylic acids is 1. The van der Waals surface area contributed by atoms with E-state index < -0.39 is 10.7 Å². The molecule has 1 aromatic rings. The summed E-state index contributed by atoms with van der Waals surface area (Å²) in [6, 6.07) is 5.20. The summed E-state index contributed by atoms with van der Waals surface area (Å²) >= 11 is 1.30. The van der Waals surface area contributed by atoms with Crippen molar-refractivity contribution in [2.45, 2.75) is 31.3 Å². The van der Waals surface area contributed by atoms with Crippen LogP contribution in [0.4, 0.5) is 0 Å². The standard InChI is InChI=1S/C14H18O4S/c1-9(15)10-5-6-12(18-4)11(7-10)8-19-14(2,3)13(16)17/h5-7H,8H2,1-4H3,(H,16,17). The molecule has 5 heteroatoms. The molecule has 0 spiro atoms. The zero-order chi connectivity index (χ0) is 14.6. The number of carbonyl (C=O) groups is 2. The molecule has 0 bridgehead atoms. The Labute approximate surface area is 117 Å². The van der Waals surface area contributed by atoms with Crippen LogP contribution in [0, 0.1) is 0 Å². The Balaban J connectivity index is 2.96. The summed E-state index contributed by atoms with van der Waals surface area (Å²) in [7, 11) is 1.55. The maximum absolute atomic E-state index is 11.4. The third-order valence-corrected chi connectivity index (χ3v) is 4.14. The monoisotopic (exact) mass is 282 g/mol. The highest BCUT2D eigenvalue weighted by atomic mass is 32.2. The minimum absolute atomic E-state index is 0.0219. The van der Waals surface area contributed by atoms with Crippen molar-refractivity contribution in [2.24, 2.45) is 0 Å². The van der Waals surface area contributed by atoms with Gasteiger partial charge < -0.3 is 9.84 Å². The first kappa shape index (κ1) is 15.6. The summed E-state index contributed by atoms with van der Waals surface area (Å²) < 4.78 is 4.36. The number of aliphatic carboxylic acids is 1. The van der Waals surface area contributed by atoms with Crippen LogP contribution in [0.1, 0.15) is 36.7 Å². The molecule has 4 nitrogen and oxygen atoms in total. The van der Waals surface area contributed by atoms with Crippen molar-refractivity contribution in [3.8, 4) is 5.75 Å². The van der Waals surface area contributed by atoms with Gasteiger partial charge in [-0.3, -0.25) is 9.59 Å². The number of hydrogen-bond acceptors (Lipinski definition) is 4. The molecule has 104 valence electrons. The first-order chi connectivity index (χ1) is 8.77. The third kappa shape index (κ3) is 3.99. The summed E-state index contributed by atoms with van der Waals surface area (Å²) in [5, 5.41) is 9.08. The lowest BCUT2D eigenvalue weighted by Gasteiger charge is -2.19. The number of rotatable bonds is 6. The molecule has 19 heavy (non-hydrogen) atoms. The Bertz CT molecular complexity index is 494. The van der Waals surface area contributed by atoms with Crippen LogP contribution in [0.15, 0.2) is 18.2 Å². The van der Waals surface area contributed by atoms with Crippen molar-refractivity contribution in [3.63, 3.8) is 0 Å². The molecule has 0 aliphatic rings. The summed E-state index contributed by atoms with van der Waals surface area (Å²) in [5.74, 6) is 0.258. The lowest BCUT2D eigenvalue weighted by Crippen LogP contribution is -2.27. The highest BCUT2D eigenvalue weighted by Crippen LogP contribution is 2.32. The van der Waals surface area contributed by atoms with Crippen LogP contribution in [0.25, 0.3) is 0 Å². The fraction of sp³-hybridized carbons (Fsp3) is 0.429. The molecule has 0 atom stereocenters. The predicted octanol–water partition coefficient (Wildman–Crippen LogP) is 2.99. The smallest absolute Gasteiger partial charge is 0.319 e. The van der Waals surface area contributed by atoms with E-state index in [9.17, 15) is 9.59 Å². The van der Waals surface area contributed by atoms with E-state index in [4.69, 9.17) is 9.84 Å². The third-order valence-electron chi connectivity index (χ3n) is 2.79. The van der Waals surface area contributed by atoms with Crippen molar-refractivity contribution in [2.75, 3.05) is 7.11 Å². The molecular weight excluding hydrogens is 264 g/mol. The van der Waals surface area contributed by atoms with Crippen molar-refractivity contribution in [3.05, 3.63) is 29.3 Å². The second kappa shape index (κ2) is 6.10. The number of hydrogen-bond donors (Lipinski definition) is 1. The van der Waals surface area contributed by atoms with Gasteiger partial charge in [-0.2, -0.15) is 0 Å². The van der Waals surface area contributed by atoms with Gasteiger partial charge in [-0.25, -0.2) is 0 Å². The minimum atomic E-state index is -0.878. The SMILES string of the molecule is COc1ccc(C(C)=O)cc1CSC(C)(C)C(=O)O. The number of benzene rings is 1. The van der Waals surface area contributed by atoms with Crippen LogP contribution in [-0.4, -0.2) is 28.7 Å². The lowest BCUT2D eigenvalue weighted by atomic mass is 10.1. The summed E-state index contributed by atoms with van der Waals surface area (Å²) in [6.07, 6.45) is 0. The molecule has 1 N–H and O–H groups in total. The van der Waals surface area contributed by atoms with Crippen LogP contribution in [0.2, 0.25) is 0 Å². The van der Waals surface area contributed by atoms with E-state index in [1.807, 2.05) is 0 Å². The lowest BCUT2D eigenvalue weighted by molar-refractivity contribution is -0.138. The van der Waals surface area contributed by atoms with Gasteiger partial charge in [-0.05, 0) is 39.0 Å². The van der Waals surface area contributed by atoms with Gasteiger partial charge in [0.15, 0.2) is 5.78 Å². The molecule has 0 aliphatic heterocycles. The second-order valence-electron chi connectivity index (χ2n) is 4.69. The Kier molecular flexibility index (Phi) is 5.00. The van der Waals surface area contributed by atoms with Crippen LogP contribution < -0.4 is 4.74 Å². The Morgan fingerprint density at radius 1 is 1.37 bits per heavy atom. The fourth-order valence-electron chi connectivity index (χ4n) is 1.43. The topological polar surface area (TPSA) is 63.6 Å². The average Bonchev–Trinajstić information content (AvgIpc) is 2.35. The molecular formula is C14H18O4S. The van der Waals surface area contributed by atoms with E-state index in [1.165, 1.54) is 18.7 Å². The van der Waals surface area contributed by atoms with Gasteiger partial charge in [0, 0.05) is 16.9 Å². The minimum Gasteiger partial charge on any atom is -0.496 e. The van der Waals surface area contributed by atoms with Crippen molar-refractivity contribution in [1.82, 2.24) is 0 Å². The number of ketones is 1. The molecule has 0 saturated heterocycles. The predicted molar refractivity (Wildman–Crippen MR) is 76.0 cm³/mol. The molecule has 1 rings (SSSR count). The van der Waals surface area contributed by atoms with Gasteiger partial charge in [0.25, 0.3) is 0 Å². The summed E-state index contributed by atoms with van der Waals surface area (Å²) in [5.41, 5.74) is 1.43. The first-order valence-corrected chi connectivity index (χ1v) is 6.81. The number of carboxylic acid groups (broad SMARTS) is 1. The highest BCUT2D eigenvalue weighted by Gasteiger charge is 2.28. The quantitative estimate of drug-likeness (QED) is 0.813. The largest absolute Gasteiger partial charge is 0.496 e. The van der Waals surface area contributed by atoms with Crippen LogP contribution in [0.3, 0.4) is 0 Å². The fourth-order valence-corrected chi connectivity index (χ4v) is 2.30. The van der Waals surface area contributed by atoms with Crippen LogP contribution in [-0.2, 0) is 10.5 Å². The Morgan fingerprint density at radius 2 is 2.00 bits per heavy atom. The first-order valence-electron chi connectivity index (χ1n) is 5.83. The van der Waals surface area contributed by atoms with Crippen LogP contribution >= 0.6 is 11.8 Å². The summed E-state index contributed by atoms with van der Waals surface area (Å²) in [6.45, 7) is 4.81. The van der Waals surface area contributed by atoms with E-state index in [1.54, 1.807) is 39.2 Å². The van der Waals surface area contributed by atoms with Gasteiger partial charge in [0.2, 0.25) is 0 Å². The van der Waals surface area contributed by atoms with Gasteiger partial charge in [-0.15, -0.1) is 11.8 Å². The van der Waals surface area contributed by atoms with Crippen LogP contribution in [0.5, 0.6) is 5.75 Å². The van der Waals surface area contributed by atoms with Crippen molar-refractivity contribution >= 4 is 23.5 Å². The van der Waals surface area contributed by atoms with Gasteiger partial charge in [-0.1, -0.05) is 0 Å². The van der Waals surface area contributed by atoms with Gasteiger partial charge in [0.1, 0.15) is 10.5 Å². The molecule has 0 amide bonds. The Morgan fingerprint density at radius 3 is 2.47 bits per heavy atom. The molecule has 0 aromatic heterocycles. The molecule has 0 aliphatic carbocycles. The zero-order valence-electron chi connectivity index (χ0n) is 11.5. The highest BCUT2D eigenvalue weighted by molar-refractivity contribution is 8.00. The molecule has 1 aromatic carbocycles. The molecule has 0 saturated carbocycles. The number of Topliss-reactive ketones (excluding diaryl/α,β-unsaturated/α-hetero) is 1. The van der Waals surface area contributed by atoms with E-state index in [2.05, 4.69) is 0 Å². The number of methoxy groups -OCH3 is 1. The number of thioether (sulfide) groups is 1. The van der Waals surface area contributed by atoms with E-state index in [0.29, 0.717) is 17.1 Å². The van der Waals surface area contributed by atoms with E-state index in [-0.39, 0.29) is 5.78 Å². The van der Waals surface area contributed by atoms with E-state index >= 15 is 0 Å². The average molecular weight is 282 g/mol. The number of ether oxygens (including phenoxy) is 1. The van der Waals surface area contributed by atoms with Gasteiger partial charge in [0.05, 0.1) is 7.11 Å². The maximum Gasteiger partial charge on any atom is 0.319 e. The molecule has 0 radical (unpaired) electrons. The Hall–Kier alpha value is -1.49.